The molecule has 0 atom stereocenters. The van der Waals surface area contributed by atoms with Crippen LogP contribution in [0.4, 0.5) is 11.4 Å². The summed E-state index contributed by atoms with van der Waals surface area (Å²) in [4.78, 5) is 0. The molecule has 6 N–H and O–H groups in total. The van der Waals surface area contributed by atoms with Gasteiger partial charge in [-0.25, -0.2) is 0 Å². The number of rotatable bonds is 1. The zero-order chi connectivity index (χ0) is 19.4. The Morgan fingerprint density at radius 3 is 2.11 bits per heavy atom. The van der Waals surface area contributed by atoms with E-state index in [4.69, 9.17) is 11.5 Å². The fraction of sp³-hybridized carbons (Fsp3) is 0.417. The minimum Gasteiger partial charge on any atom is -0.506 e. The summed E-state index contributed by atoms with van der Waals surface area (Å²) in [6.45, 7) is 0. The van der Waals surface area contributed by atoms with Gasteiger partial charge in [0.1, 0.15) is 11.5 Å². The van der Waals surface area contributed by atoms with Crippen molar-refractivity contribution < 1.29 is 10.2 Å². The van der Waals surface area contributed by atoms with Gasteiger partial charge in [0, 0.05) is 5.92 Å². The van der Waals surface area contributed by atoms with Crippen LogP contribution in [-0.2, 0) is 0 Å². The second kappa shape index (κ2) is 6.38. The average Bonchev–Trinajstić information content (AvgIpc) is 2.66. The van der Waals surface area contributed by atoms with Crippen LogP contribution >= 0.6 is 0 Å². The fourth-order valence-electron chi connectivity index (χ4n) is 6.02. The summed E-state index contributed by atoms with van der Waals surface area (Å²) < 4.78 is 0. The number of hydrogen-bond donors (Lipinski definition) is 4. The van der Waals surface area contributed by atoms with Crippen LogP contribution in [0.1, 0.15) is 37.7 Å². The predicted octanol–water partition coefficient (Wildman–Crippen LogP) is 4.35. The molecule has 4 saturated carbocycles. The van der Waals surface area contributed by atoms with Crippen molar-refractivity contribution >= 4 is 11.4 Å². The van der Waals surface area contributed by atoms with E-state index in [-0.39, 0.29) is 11.5 Å². The molecule has 4 aliphatic rings. The lowest BCUT2D eigenvalue weighted by Crippen LogP contribution is -2.44. The summed E-state index contributed by atoms with van der Waals surface area (Å²) in [5, 5.41) is 19.9. The standard InChI is InChI=1S/C24H26N2O2/c25-21-12-15(1-5-22(21)27)19-4-6-23(28)24(26)20(19)3-2-18-16-8-13-7-14(10-16)11-17(18)9-13/h1,4-6,12-14,16-18,27-28H,7-11,25-26H2. The van der Waals surface area contributed by atoms with Crippen molar-refractivity contribution in [2.45, 2.75) is 32.1 Å². The van der Waals surface area contributed by atoms with E-state index in [1.54, 1.807) is 24.3 Å². The second-order valence-corrected chi connectivity index (χ2v) is 8.92. The summed E-state index contributed by atoms with van der Waals surface area (Å²) in [7, 11) is 0. The topological polar surface area (TPSA) is 92.5 Å². The number of nitrogen functional groups attached to an aromatic ring is 2. The number of anilines is 2. The Kier molecular flexibility index (Phi) is 3.94. The van der Waals surface area contributed by atoms with Crippen molar-refractivity contribution in [1.29, 1.82) is 0 Å². The smallest absolute Gasteiger partial charge is 0.139 e. The number of hydrogen-bond acceptors (Lipinski definition) is 4. The van der Waals surface area contributed by atoms with E-state index < -0.39 is 0 Å². The van der Waals surface area contributed by atoms with Crippen molar-refractivity contribution in [3.8, 4) is 34.5 Å². The van der Waals surface area contributed by atoms with Crippen molar-refractivity contribution in [2.75, 3.05) is 11.5 Å². The van der Waals surface area contributed by atoms with Crippen LogP contribution < -0.4 is 11.5 Å². The van der Waals surface area contributed by atoms with E-state index in [0.717, 1.165) is 34.8 Å². The third-order valence-electron chi connectivity index (χ3n) is 7.15. The highest BCUT2D eigenvalue weighted by atomic mass is 16.3. The molecule has 0 spiro atoms. The lowest BCUT2D eigenvalue weighted by molar-refractivity contribution is -0.0122. The summed E-state index contributed by atoms with van der Waals surface area (Å²) >= 11 is 0. The summed E-state index contributed by atoms with van der Waals surface area (Å²) in [5.74, 6) is 10.7. The molecule has 0 aliphatic heterocycles. The average molecular weight is 374 g/mol. The van der Waals surface area contributed by atoms with Gasteiger partial charge in [-0.3, -0.25) is 0 Å². The molecule has 4 heteroatoms. The zero-order valence-electron chi connectivity index (χ0n) is 15.9. The first-order valence-corrected chi connectivity index (χ1v) is 10.2. The van der Waals surface area contributed by atoms with Crippen LogP contribution in [-0.4, -0.2) is 10.2 Å². The van der Waals surface area contributed by atoms with E-state index in [1.165, 1.54) is 32.1 Å². The van der Waals surface area contributed by atoms with Gasteiger partial charge >= 0.3 is 0 Å². The molecule has 0 heterocycles. The van der Waals surface area contributed by atoms with Crippen LogP contribution in [0.5, 0.6) is 11.5 Å². The SMILES string of the molecule is Nc1cc(-c2ccc(O)c(N)c2C#CC2C3CC4CC(C3)CC2C4)ccc1O. The molecule has 0 unspecified atom stereocenters. The maximum Gasteiger partial charge on any atom is 0.139 e. The quantitative estimate of drug-likeness (QED) is 0.339. The Morgan fingerprint density at radius 2 is 1.46 bits per heavy atom. The fourth-order valence-corrected chi connectivity index (χ4v) is 6.02. The zero-order valence-corrected chi connectivity index (χ0v) is 15.9. The normalized spacial score (nSPS) is 30.1. The first kappa shape index (κ1) is 17.3. The number of phenols is 2. The largest absolute Gasteiger partial charge is 0.506 e. The molecule has 0 radical (unpaired) electrons. The minimum absolute atomic E-state index is 0.0462. The van der Waals surface area contributed by atoms with Crippen LogP contribution in [0, 0.1) is 41.4 Å². The molecule has 6 rings (SSSR count). The Balaban J connectivity index is 1.55. The third-order valence-corrected chi connectivity index (χ3v) is 7.15. The van der Waals surface area contributed by atoms with Gasteiger partial charge in [0.2, 0.25) is 0 Å². The molecule has 4 nitrogen and oxygen atoms in total. The van der Waals surface area contributed by atoms with Crippen LogP contribution in [0.15, 0.2) is 30.3 Å². The molecule has 2 aromatic carbocycles. The van der Waals surface area contributed by atoms with Gasteiger partial charge in [0.25, 0.3) is 0 Å². The van der Waals surface area contributed by atoms with Crippen molar-refractivity contribution in [3.05, 3.63) is 35.9 Å². The van der Waals surface area contributed by atoms with Gasteiger partial charge in [-0.15, -0.1) is 0 Å². The highest BCUT2D eigenvalue weighted by Gasteiger charge is 2.47. The Hall–Kier alpha value is -2.80. The number of benzene rings is 2. The molecule has 0 amide bonds. The Bertz CT molecular complexity index is 974. The first-order chi connectivity index (χ1) is 13.5. The lowest BCUT2D eigenvalue weighted by atomic mass is 9.52. The van der Waals surface area contributed by atoms with E-state index in [0.29, 0.717) is 22.9 Å². The van der Waals surface area contributed by atoms with E-state index in [9.17, 15) is 10.2 Å². The monoisotopic (exact) mass is 374 g/mol. The van der Waals surface area contributed by atoms with Gasteiger partial charge in [-0.1, -0.05) is 17.9 Å². The maximum absolute atomic E-state index is 10.2. The van der Waals surface area contributed by atoms with E-state index in [1.807, 2.05) is 6.07 Å². The molecule has 2 aromatic rings. The lowest BCUT2D eigenvalue weighted by Gasteiger charge is -2.52. The summed E-state index contributed by atoms with van der Waals surface area (Å²) in [6.07, 6.45) is 6.72. The van der Waals surface area contributed by atoms with Crippen LogP contribution in [0.2, 0.25) is 0 Å². The summed E-state index contributed by atoms with van der Waals surface area (Å²) in [5.41, 5.74) is 15.0. The molecule has 144 valence electrons. The second-order valence-electron chi connectivity index (χ2n) is 8.92. The molecule has 0 saturated heterocycles. The molecule has 4 fully saturated rings. The van der Waals surface area contributed by atoms with Gasteiger partial charge in [-0.2, -0.15) is 0 Å². The predicted molar refractivity (Wildman–Crippen MR) is 111 cm³/mol. The van der Waals surface area contributed by atoms with Gasteiger partial charge in [0.05, 0.1) is 16.9 Å². The molecular formula is C24H26N2O2. The van der Waals surface area contributed by atoms with Gasteiger partial charge in [0.15, 0.2) is 0 Å². The highest BCUT2D eigenvalue weighted by molar-refractivity contribution is 5.82. The Morgan fingerprint density at radius 1 is 0.821 bits per heavy atom. The molecule has 0 aromatic heterocycles. The minimum atomic E-state index is 0.0462. The number of nitrogens with two attached hydrogens (primary N) is 2. The van der Waals surface area contributed by atoms with Crippen LogP contribution in [0.3, 0.4) is 0 Å². The summed E-state index contributed by atoms with van der Waals surface area (Å²) in [6, 6.07) is 8.49. The van der Waals surface area contributed by atoms with Crippen molar-refractivity contribution in [3.63, 3.8) is 0 Å². The number of aromatic hydroxyl groups is 2. The Labute approximate surface area is 165 Å². The van der Waals surface area contributed by atoms with Crippen molar-refractivity contribution in [1.82, 2.24) is 0 Å². The maximum atomic E-state index is 10.2. The van der Waals surface area contributed by atoms with Crippen molar-refractivity contribution in [2.24, 2.45) is 29.6 Å². The highest BCUT2D eigenvalue weighted by Crippen LogP contribution is 2.56. The van der Waals surface area contributed by atoms with E-state index in [2.05, 4.69) is 11.8 Å². The first-order valence-electron chi connectivity index (χ1n) is 10.2. The van der Waals surface area contributed by atoms with E-state index >= 15 is 0 Å². The van der Waals surface area contributed by atoms with Gasteiger partial charge < -0.3 is 21.7 Å². The molecular weight excluding hydrogens is 348 g/mol. The molecule has 4 bridgehead atoms. The third kappa shape index (κ3) is 2.77. The number of phenolic OH excluding ortho intramolecular Hbond substituents is 2. The molecule has 4 aliphatic carbocycles. The molecule has 28 heavy (non-hydrogen) atoms. The van der Waals surface area contributed by atoms with Crippen LogP contribution in [0.25, 0.3) is 11.1 Å². The van der Waals surface area contributed by atoms with Gasteiger partial charge in [-0.05, 0) is 91.2 Å².